The van der Waals surface area contributed by atoms with Gasteiger partial charge in [-0.05, 0) is 26.0 Å². The quantitative estimate of drug-likeness (QED) is 0.865. The molecule has 0 unspecified atom stereocenters. The highest BCUT2D eigenvalue weighted by Gasteiger charge is 2.21. The maximum atomic E-state index is 12.3. The average molecular weight is 309 g/mol. The van der Waals surface area contributed by atoms with Gasteiger partial charge in [-0.15, -0.1) is 0 Å². The number of nitrogens with one attached hydrogen (secondary N) is 1. The molecule has 2 rings (SSSR count). The van der Waals surface area contributed by atoms with Crippen molar-refractivity contribution in [3.05, 3.63) is 42.2 Å². The predicted molar refractivity (Wildman–Crippen MR) is 76.0 cm³/mol. The number of aromatic nitrogens is 2. The SMILES string of the molecule is CC(C)NS(=O)(=O)c1ccccc1-n1cc(C(=O)O)cn1. The molecule has 0 aliphatic rings. The Morgan fingerprint density at radius 2 is 2.00 bits per heavy atom. The Labute approximate surface area is 122 Å². The molecule has 0 radical (unpaired) electrons. The number of aromatic carboxylic acids is 1. The summed E-state index contributed by atoms with van der Waals surface area (Å²) >= 11 is 0. The van der Waals surface area contributed by atoms with Crippen LogP contribution in [0.3, 0.4) is 0 Å². The lowest BCUT2D eigenvalue weighted by Gasteiger charge is -2.13. The molecule has 0 amide bonds. The van der Waals surface area contributed by atoms with E-state index in [0.29, 0.717) is 0 Å². The summed E-state index contributed by atoms with van der Waals surface area (Å²) in [4.78, 5) is 10.9. The molecule has 0 saturated heterocycles. The number of carboxylic acid groups (broad SMARTS) is 1. The van der Waals surface area contributed by atoms with E-state index in [2.05, 4.69) is 9.82 Å². The first-order valence-electron chi connectivity index (χ1n) is 6.21. The predicted octanol–water partition coefficient (Wildman–Crippen LogP) is 1.26. The Balaban J connectivity index is 2.53. The molecule has 1 aromatic heterocycles. The highest BCUT2D eigenvalue weighted by atomic mass is 32.2. The van der Waals surface area contributed by atoms with Gasteiger partial charge in [0, 0.05) is 12.2 Å². The molecule has 0 saturated carbocycles. The number of carboxylic acids is 1. The van der Waals surface area contributed by atoms with E-state index in [1.165, 1.54) is 23.1 Å². The fourth-order valence-corrected chi connectivity index (χ4v) is 3.25. The molecule has 21 heavy (non-hydrogen) atoms. The van der Waals surface area contributed by atoms with Crippen molar-refractivity contribution < 1.29 is 18.3 Å². The van der Waals surface area contributed by atoms with Gasteiger partial charge in [-0.25, -0.2) is 22.6 Å². The minimum Gasteiger partial charge on any atom is -0.478 e. The van der Waals surface area contributed by atoms with Gasteiger partial charge in [-0.3, -0.25) is 0 Å². The van der Waals surface area contributed by atoms with Gasteiger partial charge in [-0.1, -0.05) is 12.1 Å². The van der Waals surface area contributed by atoms with Crippen LogP contribution in [0.2, 0.25) is 0 Å². The van der Waals surface area contributed by atoms with Crippen molar-refractivity contribution in [1.82, 2.24) is 14.5 Å². The number of sulfonamides is 1. The van der Waals surface area contributed by atoms with Crippen molar-refractivity contribution in [2.45, 2.75) is 24.8 Å². The van der Waals surface area contributed by atoms with Crippen LogP contribution in [0.25, 0.3) is 5.69 Å². The molecule has 0 aliphatic carbocycles. The molecule has 7 nitrogen and oxygen atoms in total. The fourth-order valence-electron chi connectivity index (χ4n) is 1.81. The summed E-state index contributed by atoms with van der Waals surface area (Å²) in [6.45, 7) is 3.44. The van der Waals surface area contributed by atoms with Crippen LogP contribution in [0.4, 0.5) is 0 Å². The number of rotatable bonds is 5. The van der Waals surface area contributed by atoms with Gasteiger partial charge >= 0.3 is 5.97 Å². The minimum absolute atomic E-state index is 0.0148. The lowest BCUT2D eigenvalue weighted by atomic mass is 10.3. The van der Waals surface area contributed by atoms with Crippen LogP contribution in [0.1, 0.15) is 24.2 Å². The Morgan fingerprint density at radius 1 is 1.33 bits per heavy atom. The zero-order valence-corrected chi connectivity index (χ0v) is 12.3. The lowest BCUT2D eigenvalue weighted by Crippen LogP contribution is -2.31. The molecule has 2 aromatic rings. The molecule has 0 spiro atoms. The topological polar surface area (TPSA) is 101 Å². The third-order valence-electron chi connectivity index (χ3n) is 2.62. The maximum absolute atomic E-state index is 12.3. The molecule has 0 fully saturated rings. The van der Waals surface area contributed by atoms with E-state index in [9.17, 15) is 13.2 Å². The van der Waals surface area contributed by atoms with Crippen LogP contribution >= 0.6 is 0 Å². The normalized spacial score (nSPS) is 11.8. The molecule has 2 N–H and O–H groups in total. The summed E-state index contributed by atoms with van der Waals surface area (Å²) in [6, 6.07) is 6.01. The highest BCUT2D eigenvalue weighted by molar-refractivity contribution is 7.89. The van der Waals surface area contributed by atoms with E-state index in [-0.39, 0.29) is 22.2 Å². The molecular weight excluding hydrogens is 294 g/mol. The molecule has 0 bridgehead atoms. The van der Waals surface area contributed by atoms with Gasteiger partial charge in [0.2, 0.25) is 10.0 Å². The van der Waals surface area contributed by atoms with Crippen molar-refractivity contribution in [2.75, 3.05) is 0 Å². The smallest absolute Gasteiger partial charge is 0.338 e. The summed E-state index contributed by atoms with van der Waals surface area (Å²) < 4.78 is 28.3. The Morgan fingerprint density at radius 3 is 2.57 bits per heavy atom. The van der Waals surface area contributed by atoms with E-state index < -0.39 is 16.0 Å². The van der Waals surface area contributed by atoms with Crippen LogP contribution < -0.4 is 4.72 Å². The molecule has 0 atom stereocenters. The average Bonchev–Trinajstić information content (AvgIpc) is 2.87. The van der Waals surface area contributed by atoms with Crippen LogP contribution in [-0.2, 0) is 10.0 Å². The summed E-state index contributed by atoms with van der Waals surface area (Å²) in [7, 11) is -3.71. The molecular formula is C13H15N3O4S. The minimum atomic E-state index is -3.71. The first-order chi connectivity index (χ1) is 9.81. The zero-order chi connectivity index (χ0) is 15.6. The maximum Gasteiger partial charge on any atom is 0.338 e. The number of nitrogens with zero attached hydrogens (tertiary/aromatic N) is 2. The van der Waals surface area contributed by atoms with Crippen LogP contribution in [0.15, 0.2) is 41.6 Å². The van der Waals surface area contributed by atoms with Gasteiger partial charge < -0.3 is 5.11 Å². The largest absolute Gasteiger partial charge is 0.478 e. The van der Waals surface area contributed by atoms with Crippen LogP contribution in [-0.4, -0.2) is 35.3 Å². The van der Waals surface area contributed by atoms with Crippen molar-refractivity contribution in [1.29, 1.82) is 0 Å². The fraction of sp³-hybridized carbons (Fsp3) is 0.231. The molecule has 8 heteroatoms. The summed E-state index contributed by atoms with van der Waals surface area (Å²) in [6.07, 6.45) is 2.44. The number of carbonyl (C=O) groups is 1. The van der Waals surface area contributed by atoms with E-state index >= 15 is 0 Å². The standard InChI is InChI=1S/C13H15N3O4S/c1-9(2)15-21(19,20)12-6-4-3-5-11(12)16-8-10(7-14-16)13(17)18/h3-9,15H,1-2H3,(H,17,18). The Kier molecular flexibility index (Phi) is 4.10. The van der Waals surface area contributed by atoms with Crippen LogP contribution in [0.5, 0.6) is 0 Å². The molecule has 112 valence electrons. The van der Waals surface area contributed by atoms with Crippen molar-refractivity contribution in [3.63, 3.8) is 0 Å². The van der Waals surface area contributed by atoms with E-state index in [0.717, 1.165) is 0 Å². The third kappa shape index (κ3) is 3.29. The number of para-hydroxylation sites is 1. The Hall–Kier alpha value is -2.19. The van der Waals surface area contributed by atoms with Crippen molar-refractivity contribution >= 4 is 16.0 Å². The Bertz CT molecular complexity index is 765. The van der Waals surface area contributed by atoms with Crippen LogP contribution in [0, 0.1) is 0 Å². The lowest BCUT2D eigenvalue weighted by molar-refractivity contribution is 0.0697. The van der Waals surface area contributed by atoms with E-state index in [4.69, 9.17) is 5.11 Å². The summed E-state index contributed by atoms with van der Waals surface area (Å²) in [5.41, 5.74) is 0.275. The van der Waals surface area contributed by atoms with Crippen molar-refractivity contribution in [2.24, 2.45) is 0 Å². The van der Waals surface area contributed by atoms with Gasteiger partial charge in [0.1, 0.15) is 4.90 Å². The number of hydrogen-bond acceptors (Lipinski definition) is 4. The van der Waals surface area contributed by atoms with Gasteiger partial charge in [-0.2, -0.15) is 5.10 Å². The second kappa shape index (κ2) is 5.66. The van der Waals surface area contributed by atoms with E-state index in [1.54, 1.807) is 32.0 Å². The zero-order valence-electron chi connectivity index (χ0n) is 11.5. The third-order valence-corrected chi connectivity index (χ3v) is 4.33. The second-order valence-corrected chi connectivity index (χ2v) is 6.40. The van der Waals surface area contributed by atoms with E-state index in [1.807, 2.05) is 0 Å². The van der Waals surface area contributed by atoms with Crippen molar-refractivity contribution in [3.8, 4) is 5.69 Å². The summed E-state index contributed by atoms with van der Waals surface area (Å²) in [5, 5.41) is 12.8. The molecule has 1 heterocycles. The highest BCUT2D eigenvalue weighted by Crippen LogP contribution is 2.20. The van der Waals surface area contributed by atoms with Gasteiger partial charge in [0.25, 0.3) is 0 Å². The molecule has 1 aromatic carbocycles. The first kappa shape index (κ1) is 15.2. The first-order valence-corrected chi connectivity index (χ1v) is 7.69. The monoisotopic (exact) mass is 309 g/mol. The summed E-state index contributed by atoms with van der Waals surface area (Å²) in [5.74, 6) is -1.12. The van der Waals surface area contributed by atoms with Gasteiger partial charge in [0.05, 0.1) is 17.4 Å². The number of benzene rings is 1. The number of hydrogen-bond donors (Lipinski definition) is 2. The van der Waals surface area contributed by atoms with Gasteiger partial charge in [0.15, 0.2) is 0 Å². The second-order valence-electron chi connectivity index (χ2n) is 4.72. The molecule has 0 aliphatic heterocycles.